The smallest absolute Gasteiger partial charge is 0.119 e. The van der Waals surface area contributed by atoms with Gasteiger partial charge in [-0.2, -0.15) is 0 Å². The highest BCUT2D eigenvalue weighted by Crippen LogP contribution is 2.36. The molecule has 0 aromatic heterocycles. The third-order valence-corrected chi connectivity index (χ3v) is 7.88. The summed E-state index contributed by atoms with van der Waals surface area (Å²) in [6.07, 6.45) is 0.917. The van der Waals surface area contributed by atoms with Crippen molar-refractivity contribution in [2.24, 2.45) is 0 Å². The first-order valence-corrected chi connectivity index (χ1v) is 15.6. The van der Waals surface area contributed by atoms with Gasteiger partial charge in [0.05, 0.1) is 6.10 Å². The maximum Gasteiger partial charge on any atom is 0.119 e. The average Bonchev–Trinajstić information content (AvgIpc) is 3.08. The van der Waals surface area contributed by atoms with Crippen LogP contribution in [0.15, 0.2) is 133 Å². The molecule has 5 nitrogen and oxygen atoms in total. The van der Waals surface area contributed by atoms with Crippen LogP contribution in [0.25, 0.3) is 0 Å². The molecule has 2 atom stereocenters. The fraction of sp³-hybridized carbons (Fsp3) is 0.250. The van der Waals surface area contributed by atoms with Crippen LogP contribution >= 0.6 is 0 Å². The maximum atomic E-state index is 11.7. The Morgan fingerprint density at radius 3 is 1.51 bits per heavy atom. The molecule has 5 aromatic rings. The molecule has 5 aromatic carbocycles. The number of likely N-dealkylation sites (N-methyl/N-ethyl adjacent to an activating group) is 1. The van der Waals surface area contributed by atoms with Crippen LogP contribution in [0.3, 0.4) is 0 Å². The van der Waals surface area contributed by atoms with Gasteiger partial charge in [0, 0.05) is 12.5 Å². The number of hydrogen-bond acceptors (Lipinski definition) is 5. The second-order valence-electron chi connectivity index (χ2n) is 11.6. The number of benzene rings is 5. The van der Waals surface area contributed by atoms with Crippen LogP contribution in [0.1, 0.15) is 46.3 Å². The van der Waals surface area contributed by atoms with E-state index >= 15 is 0 Å². The lowest BCUT2D eigenvalue weighted by Crippen LogP contribution is -2.19. The van der Waals surface area contributed by atoms with E-state index in [2.05, 4.69) is 41.3 Å². The van der Waals surface area contributed by atoms with Crippen LogP contribution in [0.5, 0.6) is 17.2 Å². The second kappa shape index (κ2) is 16.5. The van der Waals surface area contributed by atoms with Gasteiger partial charge in [0.1, 0.15) is 37.1 Å². The van der Waals surface area contributed by atoms with Gasteiger partial charge < -0.3 is 24.2 Å². The molecular formula is C40H43NO4. The van der Waals surface area contributed by atoms with Crippen molar-refractivity contribution >= 4 is 0 Å². The summed E-state index contributed by atoms with van der Waals surface area (Å²) in [5, 5.41) is 11.7. The third-order valence-electron chi connectivity index (χ3n) is 7.88. The summed E-state index contributed by atoms with van der Waals surface area (Å²) < 4.78 is 17.9. The van der Waals surface area contributed by atoms with Crippen molar-refractivity contribution in [2.45, 2.75) is 38.1 Å². The topological polar surface area (TPSA) is 51.2 Å². The first-order chi connectivity index (χ1) is 22.0. The van der Waals surface area contributed by atoms with Gasteiger partial charge in [-0.05, 0) is 91.2 Å². The first kappa shape index (κ1) is 31.8. The number of aryl methyl sites for hydroxylation is 1. The lowest BCUT2D eigenvalue weighted by atomic mass is 9.84. The van der Waals surface area contributed by atoms with Crippen LogP contribution in [0.4, 0.5) is 0 Å². The Balaban J connectivity index is 1.26. The van der Waals surface area contributed by atoms with Gasteiger partial charge in [-0.1, -0.05) is 97.1 Å². The molecule has 1 N–H and O–H groups in total. The van der Waals surface area contributed by atoms with Gasteiger partial charge in [-0.3, -0.25) is 0 Å². The van der Waals surface area contributed by atoms with Crippen molar-refractivity contribution < 1.29 is 19.3 Å². The van der Waals surface area contributed by atoms with Crippen LogP contribution in [-0.4, -0.2) is 37.3 Å². The number of ether oxygens (including phenoxy) is 3. The molecule has 0 aliphatic heterocycles. The van der Waals surface area contributed by atoms with Crippen LogP contribution < -0.4 is 14.2 Å². The Bertz CT molecular complexity index is 1540. The zero-order chi connectivity index (χ0) is 31.3. The first-order valence-electron chi connectivity index (χ1n) is 15.6. The monoisotopic (exact) mass is 601 g/mol. The Morgan fingerprint density at radius 2 is 1.00 bits per heavy atom. The lowest BCUT2D eigenvalue weighted by Gasteiger charge is -2.25. The van der Waals surface area contributed by atoms with Crippen molar-refractivity contribution in [3.8, 4) is 17.2 Å². The molecule has 0 heterocycles. The zero-order valence-corrected chi connectivity index (χ0v) is 26.2. The van der Waals surface area contributed by atoms with Crippen LogP contribution in [0, 0.1) is 0 Å². The van der Waals surface area contributed by atoms with E-state index in [9.17, 15) is 5.11 Å². The molecule has 0 radical (unpaired) electrons. The largest absolute Gasteiger partial charge is 0.492 e. The summed E-state index contributed by atoms with van der Waals surface area (Å²) in [4.78, 5) is 2.10. The molecule has 0 spiro atoms. The number of hydrogen-bond donors (Lipinski definition) is 1. The fourth-order valence-electron chi connectivity index (χ4n) is 5.21. The summed E-state index contributed by atoms with van der Waals surface area (Å²) in [5.74, 6) is 2.35. The van der Waals surface area contributed by atoms with Crippen LogP contribution in [-0.2, 0) is 19.6 Å². The molecular weight excluding hydrogens is 558 g/mol. The molecule has 0 saturated heterocycles. The van der Waals surface area contributed by atoms with Crippen LogP contribution in [0.2, 0.25) is 0 Å². The van der Waals surface area contributed by atoms with Crippen molar-refractivity contribution in [3.05, 3.63) is 161 Å². The molecule has 0 aliphatic rings. The zero-order valence-electron chi connectivity index (χ0n) is 26.2. The van der Waals surface area contributed by atoms with Gasteiger partial charge >= 0.3 is 0 Å². The Kier molecular flexibility index (Phi) is 11.7. The second-order valence-corrected chi connectivity index (χ2v) is 11.6. The van der Waals surface area contributed by atoms with E-state index in [0.29, 0.717) is 19.8 Å². The summed E-state index contributed by atoms with van der Waals surface area (Å²) in [6.45, 7) is 2.54. The molecule has 232 valence electrons. The SMILES string of the molecule is CN(C)CCOc1ccc(CCC(c2ccc(OCc3ccccc3)cc2)C(O)c2ccc(OCc3ccccc3)cc2)cc1. The van der Waals surface area contributed by atoms with E-state index in [1.54, 1.807) is 0 Å². The number of nitrogens with zero attached hydrogens (tertiary/aromatic N) is 1. The molecule has 0 amide bonds. The predicted octanol–water partition coefficient (Wildman–Crippen LogP) is 8.24. The summed E-state index contributed by atoms with van der Waals surface area (Å²) >= 11 is 0. The highest BCUT2D eigenvalue weighted by atomic mass is 16.5. The molecule has 5 heteroatoms. The van der Waals surface area contributed by atoms with Crippen molar-refractivity contribution in [3.63, 3.8) is 0 Å². The van der Waals surface area contributed by atoms with E-state index < -0.39 is 6.10 Å². The highest BCUT2D eigenvalue weighted by molar-refractivity contribution is 5.35. The number of rotatable bonds is 16. The average molecular weight is 602 g/mol. The quantitative estimate of drug-likeness (QED) is 0.123. The summed E-state index contributed by atoms with van der Waals surface area (Å²) in [7, 11) is 4.08. The van der Waals surface area contributed by atoms with Gasteiger partial charge in [0.2, 0.25) is 0 Å². The van der Waals surface area contributed by atoms with Crippen molar-refractivity contribution in [2.75, 3.05) is 27.2 Å². The molecule has 0 fully saturated rings. The van der Waals surface area contributed by atoms with E-state index in [0.717, 1.165) is 58.9 Å². The minimum atomic E-state index is -0.682. The van der Waals surface area contributed by atoms with Gasteiger partial charge in [0.25, 0.3) is 0 Å². The predicted molar refractivity (Wildman–Crippen MR) is 181 cm³/mol. The molecule has 0 bridgehead atoms. The van der Waals surface area contributed by atoms with Crippen molar-refractivity contribution in [1.82, 2.24) is 4.90 Å². The normalized spacial score (nSPS) is 12.4. The minimum Gasteiger partial charge on any atom is -0.492 e. The number of aliphatic hydroxyl groups is 1. The fourth-order valence-corrected chi connectivity index (χ4v) is 5.21. The minimum absolute atomic E-state index is 0.111. The maximum absolute atomic E-state index is 11.7. The van der Waals surface area contributed by atoms with E-state index in [1.165, 1.54) is 5.56 Å². The van der Waals surface area contributed by atoms with Gasteiger partial charge in [0.15, 0.2) is 0 Å². The molecule has 0 aliphatic carbocycles. The molecule has 0 saturated carbocycles. The number of aliphatic hydroxyl groups excluding tert-OH is 1. The lowest BCUT2D eigenvalue weighted by molar-refractivity contribution is 0.140. The highest BCUT2D eigenvalue weighted by Gasteiger charge is 2.23. The Hall–Kier alpha value is -4.58. The van der Waals surface area contributed by atoms with Gasteiger partial charge in [-0.15, -0.1) is 0 Å². The Morgan fingerprint density at radius 1 is 0.533 bits per heavy atom. The standard InChI is InChI=1S/C40H43NO4/c1-41(2)27-28-43-36-20-13-31(14-21-36)15-26-39(34-16-22-37(23-17-34)44-29-32-9-5-3-6-10-32)40(42)35-18-24-38(25-19-35)45-30-33-11-7-4-8-12-33/h3-14,16-25,39-40,42H,15,26-30H2,1-2H3. The van der Waals surface area contributed by atoms with Gasteiger partial charge in [-0.25, -0.2) is 0 Å². The van der Waals surface area contributed by atoms with E-state index in [1.807, 2.05) is 111 Å². The van der Waals surface area contributed by atoms with Crippen molar-refractivity contribution in [1.29, 1.82) is 0 Å². The molecule has 2 unspecified atom stereocenters. The van der Waals surface area contributed by atoms with E-state index in [4.69, 9.17) is 14.2 Å². The molecule has 45 heavy (non-hydrogen) atoms. The summed E-state index contributed by atoms with van der Waals surface area (Å²) in [6, 6.07) is 44.5. The third kappa shape index (κ3) is 9.97. The Labute approximate surface area is 267 Å². The molecule has 5 rings (SSSR count). The summed E-state index contributed by atoms with van der Waals surface area (Å²) in [5.41, 5.74) is 5.38. The van der Waals surface area contributed by atoms with E-state index in [-0.39, 0.29) is 5.92 Å².